The second-order valence-electron chi connectivity index (χ2n) is 6.87. The van der Waals surface area contributed by atoms with Gasteiger partial charge in [0.2, 0.25) is 0 Å². The molecular weight excluding hydrogens is 434 g/mol. The summed E-state index contributed by atoms with van der Waals surface area (Å²) in [5.74, 6) is 2.63. The second kappa shape index (κ2) is 11.4. The summed E-state index contributed by atoms with van der Waals surface area (Å²) >= 11 is 6.31. The molecule has 1 unspecified atom stereocenters. The van der Waals surface area contributed by atoms with E-state index in [0.29, 0.717) is 27.8 Å². The van der Waals surface area contributed by atoms with Crippen LogP contribution in [0.5, 0.6) is 23.0 Å². The van der Waals surface area contributed by atoms with Crippen molar-refractivity contribution in [2.24, 2.45) is 0 Å². The zero-order chi connectivity index (χ0) is 21.6. The zero-order valence-electron chi connectivity index (χ0n) is 17.8. The number of hydrogen-bond acceptors (Lipinski definition) is 3. The molecular formula is C26H20ClLiO3P+. The van der Waals surface area contributed by atoms with Gasteiger partial charge in [-0.25, -0.2) is 0 Å². The van der Waals surface area contributed by atoms with Gasteiger partial charge in [-0.15, -0.1) is 0 Å². The molecule has 4 aromatic carbocycles. The Morgan fingerprint density at radius 3 is 2.00 bits per heavy atom. The Labute approximate surface area is 206 Å². The quantitative estimate of drug-likeness (QED) is 0.308. The van der Waals surface area contributed by atoms with Crippen molar-refractivity contribution >= 4 is 31.0 Å². The molecule has 0 saturated heterocycles. The Hall–Kier alpha value is -2.53. The smallest absolute Gasteiger partial charge is 0.457 e. The van der Waals surface area contributed by atoms with Crippen LogP contribution in [-0.4, -0.2) is 5.52 Å². The molecule has 0 saturated carbocycles. The number of ether oxygens (including phenoxy) is 2. The molecule has 0 aromatic heterocycles. The van der Waals surface area contributed by atoms with Crippen LogP contribution in [0.1, 0.15) is 15.9 Å². The fourth-order valence-corrected chi connectivity index (χ4v) is 4.60. The van der Waals surface area contributed by atoms with Crippen LogP contribution in [0.4, 0.5) is 0 Å². The summed E-state index contributed by atoms with van der Waals surface area (Å²) < 4.78 is 12.1. The average molecular weight is 454 g/mol. The van der Waals surface area contributed by atoms with E-state index in [2.05, 4.69) is 0 Å². The van der Waals surface area contributed by atoms with E-state index >= 15 is 0 Å². The van der Waals surface area contributed by atoms with Crippen LogP contribution in [0.3, 0.4) is 0 Å². The number of aryl methyl sites for hydroxylation is 1. The summed E-state index contributed by atoms with van der Waals surface area (Å²) in [5.41, 5.74) is 1.38. The summed E-state index contributed by atoms with van der Waals surface area (Å²) in [4.78, 5) is 13.1. The molecule has 0 N–H and O–H groups in total. The molecule has 6 heteroatoms. The van der Waals surface area contributed by atoms with Gasteiger partial charge < -0.3 is 9.47 Å². The number of carbonyl (C=O) groups excluding carboxylic acids is 1. The maximum absolute atomic E-state index is 13.1. The normalized spacial score (nSPS) is 10.6. The van der Waals surface area contributed by atoms with Crippen LogP contribution in [0, 0.1) is 6.92 Å². The Balaban J connectivity index is 0.00000289. The van der Waals surface area contributed by atoms with Crippen molar-refractivity contribution in [2.45, 2.75) is 6.92 Å². The van der Waals surface area contributed by atoms with E-state index < -0.39 is 0 Å². The predicted molar refractivity (Wildman–Crippen MR) is 128 cm³/mol. The molecule has 0 aliphatic heterocycles. The standard InChI is InChI=1S/C26H20ClO3P.Li/c1-18-9-8-14-22(27)25(18)26(28)31-24-16-15-21(29-19-10-4-2-5-11-19)17-23(24)30-20-12-6-3-7-13-20;/h2-17,31H,1H3;/q;+1. The zero-order valence-corrected chi connectivity index (χ0v) is 19.6. The first-order chi connectivity index (χ1) is 15.1. The van der Waals surface area contributed by atoms with Crippen molar-refractivity contribution in [1.29, 1.82) is 0 Å². The average Bonchev–Trinajstić information content (AvgIpc) is 2.77. The molecule has 0 radical (unpaired) electrons. The maximum Gasteiger partial charge on any atom is 1.00 e. The van der Waals surface area contributed by atoms with E-state index in [1.807, 2.05) is 97.9 Å². The molecule has 0 aliphatic carbocycles. The fraction of sp³-hybridized carbons (Fsp3) is 0.0385. The van der Waals surface area contributed by atoms with Crippen molar-refractivity contribution in [1.82, 2.24) is 0 Å². The van der Waals surface area contributed by atoms with Gasteiger partial charge in [0.1, 0.15) is 23.0 Å². The van der Waals surface area contributed by atoms with Gasteiger partial charge in [0, 0.05) is 16.9 Å². The summed E-state index contributed by atoms with van der Waals surface area (Å²) in [6.07, 6.45) is 0. The number of carbonyl (C=O) groups is 1. The van der Waals surface area contributed by atoms with Crippen LogP contribution >= 0.6 is 20.2 Å². The van der Waals surface area contributed by atoms with E-state index in [9.17, 15) is 4.79 Å². The maximum atomic E-state index is 13.1. The van der Waals surface area contributed by atoms with Crippen LogP contribution in [0.2, 0.25) is 5.02 Å². The predicted octanol–water partition coefficient (Wildman–Crippen LogP) is 4.38. The summed E-state index contributed by atoms with van der Waals surface area (Å²) in [6.45, 7) is 1.89. The first-order valence-corrected chi connectivity index (χ1v) is 11.1. The topological polar surface area (TPSA) is 35.5 Å². The Bertz CT molecular complexity index is 1180. The van der Waals surface area contributed by atoms with Crippen molar-refractivity contribution in [3.63, 3.8) is 0 Å². The molecule has 32 heavy (non-hydrogen) atoms. The van der Waals surface area contributed by atoms with Crippen molar-refractivity contribution in [3.8, 4) is 23.0 Å². The van der Waals surface area contributed by atoms with Crippen molar-refractivity contribution in [3.05, 3.63) is 113 Å². The van der Waals surface area contributed by atoms with Gasteiger partial charge in [-0.3, -0.25) is 4.79 Å². The molecule has 0 fully saturated rings. The largest absolute Gasteiger partial charge is 1.00 e. The Morgan fingerprint density at radius 2 is 1.38 bits per heavy atom. The molecule has 1 atom stereocenters. The van der Waals surface area contributed by atoms with Gasteiger partial charge in [0.15, 0.2) is 5.52 Å². The Morgan fingerprint density at radius 1 is 0.750 bits per heavy atom. The van der Waals surface area contributed by atoms with E-state index in [0.717, 1.165) is 16.6 Å². The van der Waals surface area contributed by atoms with E-state index in [-0.39, 0.29) is 33.0 Å². The third-order valence-corrected chi connectivity index (χ3v) is 6.07. The van der Waals surface area contributed by atoms with Crippen LogP contribution in [-0.2, 0) is 0 Å². The third kappa shape index (κ3) is 6.03. The summed E-state index contributed by atoms with van der Waals surface area (Å²) in [7, 11) is -0.141. The van der Waals surface area contributed by atoms with Gasteiger partial charge >= 0.3 is 18.9 Å². The first-order valence-electron chi connectivity index (χ1n) is 9.76. The number of rotatable bonds is 7. The SMILES string of the molecule is Cc1cccc(Cl)c1C(=O)Pc1ccc(Oc2ccccc2)cc1Oc1ccccc1.[Li+]. The summed E-state index contributed by atoms with van der Waals surface area (Å²) in [5, 5.41) is 1.25. The minimum Gasteiger partial charge on any atom is -0.457 e. The Kier molecular flexibility index (Phi) is 8.57. The molecule has 4 rings (SSSR count). The minimum absolute atomic E-state index is 0. The van der Waals surface area contributed by atoms with E-state index in [1.54, 1.807) is 6.07 Å². The molecule has 154 valence electrons. The minimum atomic E-state index is -0.141. The van der Waals surface area contributed by atoms with Gasteiger partial charge in [-0.05, 0) is 63.5 Å². The molecule has 0 heterocycles. The number of para-hydroxylation sites is 2. The molecule has 0 bridgehead atoms. The van der Waals surface area contributed by atoms with Gasteiger partial charge in [0.05, 0.1) is 5.02 Å². The van der Waals surface area contributed by atoms with Crippen LogP contribution < -0.4 is 33.6 Å². The first kappa shape index (κ1) is 24.1. The number of benzene rings is 4. The van der Waals surface area contributed by atoms with Crippen molar-refractivity contribution in [2.75, 3.05) is 0 Å². The molecule has 4 aromatic rings. The molecule has 0 spiro atoms. The number of halogens is 1. The van der Waals surface area contributed by atoms with Gasteiger partial charge in [0.25, 0.3) is 0 Å². The fourth-order valence-electron chi connectivity index (χ4n) is 3.10. The molecule has 0 amide bonds. The number of hydrogen-bond donors (Lipinski definition) is 0. The summed E-state index contributed by atoms with van der Waals surface area (Å²) in [6, 6.07) is 30.0. The third-order valence-electron chi connectivity index (χ3n) is 4.60. The van der Waals surface area contributed by atoms with Crippen LogP contribution in [0.15, 0.2) is 97.1 Å². The van der Waals surface area contributed by atoms with Gasteiger partial charge in [-0.2, -0.15) is 0 Å². The van der Waals surface area contributed by atoms with E-state index in [4.69, 9.17) is 21.1 Å². The molecule has 3 nitrogen and oxygen atoms in total. The monoisotopic (exact) mass is 453 g/mol. The molecule has 0 aliphatic rings. The van der Waals surface area contributed by atoms with E-state index in [1.165, 1.54) is 0 Å². The van der Waals surface area contributed by atoms with Crippen LogP contribution in [0.25, 0.3) is 0 Å². The van der Waals surface area contributed by atoms with Crippen molar-refractivity contribution < 1.29 is 33.1 Å². The second-order valence-corrected chi connectivity index (χ2v) is 8.52. The van der Waals surface area contributed by atoms with Gasteiger partial charge in [-0.1, -0.05) is 60.1 Å².